The van der Waals surface area contributed by atoms with E-state index in [0.29, 0.717) is 6.04 Å². The van der Waals surface area contributed by atoms with Crippen molar-refractivity contribution in [2.24, 2.45) is 0 Å². The Morgan fingerprint density at radius 3 is 2.88 bits per heavy atom. The Labute approximate surface area is 101 Å². The van der Waals surface area contributed by atoms with Crippen LogP contribution in [-0.4, -0.2) is 25.2 Å². The third-order valence-corrected chi connectivity index (χ3v) is 2.84. The second-order valence-corrected chi connectivity index (χ2v) is 4.42. The minimum Gasteiger partial charge on any atom is -0.380 e. The summed E-state index contributed by atoms with van der Waals surface area (Å²) in [5.74, 6) is -0.0435. The lowest BCUT2D eigenvalue weighted by atomic mass is 10.1. The van der Waals surface area contributed by atoms with Crippen molar-refractivity contribution in [2.75, 3.05) is 23.8 Å². The van der Waals surface area contributed by atoms with Crippen LogP contribution in [0.1, 0.15) is 18.9 Å². The number of carbonyl (C=O) groups is 1. The molecule has 2 N–H and O–H groups in total. The zero-order valence-electron chi connectivity index (χ0n) is 10.2. The van der Waals surface area contributed by atoms with Crippen molar-refractivity contribution in [3.8, 4) is 0 Å². The Bertz CT molecular complexity index is 412. The van der Waals surface area contributed by atoms with E-state index in [2.05, 4.69) is 10.6 Å². The molecule has 1 atom stereocenters. The molecule has 1 aromatic rings. The Morgan fingerprint density at radius 1 is 1.47 bits per heavy atom. The fraction of sp³-hybridized carbons (Fsp3) is 0.462. The van der Waals surface area contributed by atoms with Crippen molar-refractivity contribution >= 4 is 17.3 Å². The molecule has 92 valence electrons. The average molecular weight is 234 g/mol. The maximum absolute atomic E-state index is 11.0. The zero-order chi connectivity index (χ0) is 12.3. The van der Waals surface area contributed by atoms with Gasteiger partial charge in [-0.05, 0) is 37.1 Å². The number of aryl methyl sites for hydroxylation is 1. The van der Waals surface area contributed by atoms with E-state index in [9.17, 15) is 4.79 Å². The minimum atomic E-state index is -0.0435. The molecule has 0 bridgehead atoms. The van der Waals surface area contributed by atoms with Gasteiger partial charge in [0.2, 0.25) is 5.91 Å². The number of nitrogens with one attached hydrogen (secondary N) is 2. The monoisotopic (exact) mass is 234 g/mol. The van der Waals surface area contributed by atoms with Crippen LogP contribution in [0, 0.1) is 6.92 Å². The molecule has 1 aliphatic rings. The topological polar surface area (TPSA) is 50.4 Å². The summed E-state index contributed by atoms with van der Waals surface area (Å²) < 4.78 is 5.32. The summed E-state index contributed by atoms with van der Waals surface area (Å²) in [6, 6.07) is 6.36. The summed E-state index contributed by atoms with van der Waals surface area (Å²) in [5, 5.41) is 6.23. The number of hydrogen-bond acceptors (Lipinski definition) is 3. The van der Waals surface area contributed by atoms with Gasteiger partial charge >= 0.3 is 0 Å². The number of carbonyl (C=O) groups excluding carboxylic acids is 1. The molecule has 4 heteroatoms. The van der Waals surface area contributed by atoms with Gasteiger partial charge < -0.3 is 15.4 Å². The molecule has 0 aliphatic carbocycles. The van der Waals surface area contributed by atoms with E-state index >= 15 is 0 Å². The average Bonchev–Trinajstić information content (AvgIpc) is 2.74. The summed E-state index contributed by atoms with van der Waals surface area (Å²) in [4.78, 5) is 11.0. The highest BCUT2D eigenvalue weighted by Crippen LogP contribution is 2.21. The van der Waals surface area contributed by atoms with Crippen molar-refractivity contribution in [3.63, 3.8) is 0 Å². The van der Waals surface area contributed by atoms with E-state index < -0.39 is 0 Å². The van der Waals surface area contributed by atoms with Crippen molar-refractivity contribution in [1.82, 2.24) is 0 Å². The molecular formula is C13H18N2O2. The lowest BCUT2D eigenvalue weighted by Gasteiger charge is -2.14. The number of rotatable bonds is 3. The molecule has 0 aromatic heterocycles. The first kappa shape index (κ1) is 11.9. The highest BCUT2D eigenvalue weighted by atomic mass is 16.5. The second-order valence-electron chi connectivity index (χ2n) is 4.42. The molecule has 1 amide bonds. The van der Waals surface area contributed by atoms with Gasteiger partial charge in [-0.1, -0.05) is 0 Å². The molecule has 17 heavy (non-hydrogen) atoms. The first-order valence-corrected chi connectivity index (χ1v) is 5.87. The molecule has 1 aliphatic heterocycles. The number of anilines is 2. The molecule has 1 fully saturated rings. The number of benzene rings is 1. The van der Waals surface area contributed by atoms with Crippen LogP contribution in [0.4, 0.5) is 11.4 Å². The summed E-state index contributed by atoms with van der Waals surface area (Å²) in [6.45, 7) is 5.11. The Hall–Kier alpha value is -1.55. The van der Waals surface area contributed by atoms with E-state index in [4.69, 9.17) is 4.74 Å². The van der Waals surface area contributed by atoms with E-state index in [1.807, 2.05) is 25.1 Å². The first-order chi connectivity index (χ1) is 8.15. The number of hydrogen-bond donors (Lipinski definition) is 2. The summed E-state index contributed by atoms with van der Waals surface area (Å²) >= 11 is 0. The van der Waals surface area contributed by atoms with Crippen LogP contribution >= 0.6 is 0 Å². The highest BCUT2D eigenvalue weighted by Gasteiger charge is 2.15. The van der Waals surface area contributed by atoms with Crippen LogP contribution in [0.5, 0.6) is 0 Å². The van der Waals surface area contributed by atoms with Gasteiger partial charge in [0.1, 0.15) is 0 Å². The molecule has 4 nitrogen and oxygen atoms in total. The second kappa shape index (κ2) is 5.19. The fourth-order valence-electron chi connectivity index (χ4n) is 1.97. The third kappa shape index (κ3) is 3.20. The van der Waals surface area contributed by atoms with Crippen molar-refractivity contribution < 1.29 is 9.53 Å². The van der Waals surface area contributed by atoms with Crippen molar-refractivity contribution in [2.45, 2.75) is 26.3 Å². The van der Waals surface area contributed by atoms with Gasteiger partial charge in [0, 0.05) is 24.9 Å². The largest absolute Gasteiger partial charge is 0.380 e. The quantitative estimate of drug-likeness (QED) is 0.842. The summed E-state index contributed by atoms with van der Waals surface area (Å²) in [6.07, 6.45) is 1.05. The third-order valence-electron chi connectivity index (χ3n) is 2.84. The highest BCUT2D eigenvalue weighted by molar-refractivity contribution is 5.89. The van der Waals surface area contributed by atoms with E-state index in [-0.39, 0.29) is 5.91 Å². The van der Waals surface area contributed by atoms with Crippen LogP contribution in [0.3, 0.4) is 0 Å². The van der Waals surface area contributed by atoms with Crippen LogP contribution in [0.2, 0.25) is 0 Å². The van der Waals surface area contributed by atoms with Crippen molar-refractivity contribution in [3.05, 3.63) is 23.8 Å². The van der Waals surface area contributed by atoms with Crippen LogP contribution < -0.4 is 10.6 Å². The Kier molecular flexibility index (Phi) is 3.64. The minimum absolute atomic E-state index is 0.0435. The lowest BCUT2D eigenvalue weighted by Crippen LogP contribution is -2.19. The van der Waals surface area contributed by atoms with Gasteiger partial charge in [-0.2, -0.15) is 0 Å². The van der Waals surface area contributed by atoms with Crippen LogP contribution in [0.25, 0.3) is 0 Å². The van der Waals surface area contributed by atoms with Crippen LogP contribution in [0.15, 0.2) is 18.2 Å². The molecular weight excluding hydrogens is 216 g/mol. The Morgan fingerprint density at radius 2 is 2.29 bits per heavy atom. The predicted octanol–water partition coefficient (Wildman–Crippen LogP) is 2.15. The molecule has 1 aromatic carbocycles. The van der Waals surface area contributed by atoms with Gasteiger partial charge in [-0.15, -0.1) is 0 Å². The van der Waals surface area contributed by atoms with E-state index in [0.717, 1.165) is 36.6 Å². The van der Waals surface area contributed by atoms with E-state index in [1.165, 1.54) is 6.92 Å². The fourth-order valence-corrected chi connectivity index (χ4v) is 1.97. The molecule has 1 saturated heterocycles. The zero-order valence-corrected chi connectivity index (χ0v) is 10.2. The maximum Gasteiger partial charge on any atom is 0.221 e. The van der Waals surface area contributed by atoms with Crippen LogP contribution in [-0.2, 0) is 9.53 Å². The Balaban J connectivity index is 2.04. The number of ether oxygens (including phenoxy) is 1. The predicted molar refractivity (Wildman–Crippen MR) is 68.3 cm³/mol. The standard InChI is InChI=1S/C13H18N2O2/c1-9-7-11(15-12-5-6-17-8-12)3-4-13(9)14-10(2)16/h3-4,7,12,15H,5-6,8H2,1-2H3,(H,14,16). The van der Waals surface area contributed by atoms with Gasteiger partial charge in [0.25, 0.3) is 0 Å². The van der Waals surface area contributed by atoms with E-state index in [1.54, 1.807) is 0 Å². The molecule has 0 spiro atoms. The smallest absolute Gasteiger partial charge is 0.221 e. The summed E-state index contributed by atoms with van der Waals surface area (Å²) in [7, 11) is 0. The number of amides is 1. The molecule has 1 unspecified atom stereocenters. The first-order valence-electron chi connectivity index (χ1n) is 5.87. The summed E-state index contributed by atoms with van der Waals surface area (Å²) in [5.41, 5.74) is 3.00. The van der Waals surface area contributed by atoms with Crippen molar-refractivity contribution in [1.29, 1.82) is 0 Å². The SMILES string of the molecule is CC(=O)Nc1ccc(NC2CCOC2)cc1C. The normalized spacial score (nSPS) is 19.1. The van der Waals surface area contributed by atoms with Gasteiger partial charge in [-0.25, -0.2) is 0 Å². The van der Waals surface area contributed by atoms with Gasteiger partial charge in [0.15, 0.2) is 0 Å². The molecule has 0 radical (unpaired) electrons. The molecule has 1 heterocycles. The van der Waals surface area contributed by atoms with Gasteiger partial charge in [-0.3, -0.25) is 4.79 Å². The lowest BCUT2D eigenvalue weighted by molar-refractivity contribution is -0.114. The maximum atomic E-state index is 11.0. The molecule has 2 rings (SSSR count). The molecule has 0 saturated carbocycles. The van der Waals surface area contributed by atoms with Gasteiger partial charge in [0.05, 0.1) is 12.6 Å².